The van der Waals surface area contributed by atoms with Gasteiger partial charge < -0.3 is 10.5 Å². The van der Waals surface area contributed by atoms with E-state index in [-0.39, 0.29) is 5.92 Å². The van der Waals surface area contributed by atoms with Gasteiger partial charge in [-0.3, -0.25) is 4.79 Å². The van der Waals surface area contributed by atoms with Crippen LogP contribution in [0.2, 0.25) is 0 Å². The molecule has 0 heterocycles. The van der Waals surface area contributed by atoms with E-state index in [4.69, 9.17) is 10.5 Å². The molecule has 0 aromatic heterocycles. The van der Waals surface area contributed by atoms with Crippen LogP contribution in [0.3, 0.4) is 0 Å². The summed E-state index contributed by atoms with van der Waals surface area (Å²) in [5.74, 6) is -0.604. The predicted octanol–water partition coefficient (Wildman–Crippen LogP) is 2.32. The van der Waals surface area contributed by atoms with E-state index < -0.39 is 12.0 Å². The molecule has 2 aromatic carbocycles. The highest BCUT2D eigenvalue weighted by Gasteiger charge is 2.28. The van der Waals surface area contributed by atoms with E-state index in [1.807, 2.05) is 60.7 Å². The van der Waals surface area contributed by atoms with Crippen LogP contribution in [0.4, 0.5) is 0 Å². The Morgan fingerprint density at radius 1 is 0.947 bits per heavy atom. The highest BCUT2D eigenvalue weighted by molar-refractivity contribution is 5.77. The molecule has 1 unspecified atom stereocenters. The first-order valence-electron chi connectivity index (χ1n) is 6.17. The quantitative estimate of drug-likeness (QED) is 0.853. The molecule has 0 amide bonds. The van der Waals surface area contributed by atoms with Crippen molar-refractivity contribution in [2.75, 3.05) is 7.11 Å². The highest BCUT2D eigenvalue weighted by atomic mass is 16.5. The van der Waals surface area contributed by atoms with Crippen molar-refractivity contribution in [2.24, 2.45) is 5.73 Å². The zero-order valence-electron chi connectivity index (χ0n) is 10.8. The molecule has 2 rings (SSSR count). The number of hydrogen-bond acceptors (Lipinski definition) is 3. The summed E-state index contributed by atoms with van der Waals surface area (Å²) in [5.41, 5.74) is 8.07. The average Bonchev–Trinajstić information content (AvgIpc) is 2.49. The summed E-state index contributed by atoms with van der Waals surface area (Å²) in [6, 6.07) is 18.8. The van der Waals surface area contributed by atoms with Crippen LogP contribution in [0, 0.1) is 0 Å². The topological polar surface area (TPSA) is 52.3 Å². The van der Waals surface area contributed by atoms with E-state index in [0.29, 0.717) is 0 Å². The van der Waals surface area contributed by atoms with E-state index in [1.165, 1.54) is 7.11 Å². The number of ether oxygens (including phenoxy) is 1. The average molecular weight is 255 g/mol. The van der Waals surface area contributed by atoms with Gasteiger partial charge in [0.2, 0.25) is 0 Å². The largest absolute Gasteiger partial charge is 0.468 e. The first kappa shape index (κ1) is 13.3. The van der Waals surface area contributed by atoms with Crippen LogP contribution < -0.4 is 5.73 Å². The Morgan fingerprint density at radius 3 is 1.74 bits per heavy atom. The third-order valence-electron chi connectivity index (χ3n) is 3.15. The van der Waals surface area contributed by atoms with Gasteiger partial charge in [0.1, 0.15) is 6.04 Å². The van der Waals surface area contributed by atoms with Crippen LogP contribution in [-0.2, 0) is 9.53 Å². The molecule has 98 valence electrons. The lowest BCUT2D eigenvalue weighted by Gasteiger charge is -2.23. The number of carbonyl (C=O) groups excluding carboxylic acids is 1. The maximum absolute atomic E-state index is 11.8. The number of esters is 1. The van der Waals surface area contributed by atoms with Gasteiger partial charge >= 0.3 is 5.97 Å². The van der Waals surface area contributed by atoms with Crippen molar-refractivity contribution in [1.82, 2.24) is 0 Å². The normalized spacial score (nSPS) is 12.2. The smallest absolute Gasteiger partial charge is 0.323 e. The van der Waals surface area contributed by atoms with Gasteiger partial charge in [0.05, 0.1) is 7.11 Å². The lowest BCUT2D eigenvalue weighted by atomic mass is 9.85. The summed E-state index contributed by atoms with van der Waals surface area (Å²) in [6.07, 6.45) is 0. The molecule has 1 atom stereocenters. The molecule has 2 N–H and O–H groups in total. The lowest BCUT2D eigenvalue weighted by molar-refractivity contribution is -0.142. The van der Waals surface area contributed by atoms with E-state index in [2.05, 4.69) is 0 Å². The van der Waals surface area contributed by atoms with Crippen molar-refractivity contribution in [3.63, 3.8) is 0 Å². The molecule has 3 nitrogen and oxygen atoms in total. The summed E-state index contributed by atoms with van der Waals surface area (Å²) in [4.78, 5) is 11.8. The maximum Gasteiger partial charge on any atom is 0.323 e. The van der Waals surface area contributed by atoms with Gasteiger partial charge in [-0.05, 0) is 11.1 Å². The van der Waals surface area contributed by atoms with Crippen molar-refractivity contribution in [3.8, 4) is 0 Å². The minimum atomic E-state index is -0.713. The Kier molecular flexibility index (Phi) is 4.31. The summed E-state index contributed by atoms with van der Waals surface area (Å²) < 4.78 is 4.77. The minimum Gasteiger partial charge on any atom is -0.468 e. The standard InChI is InChI=1S/C16H17NO2/c1-19-16(18)15(17)14(12-8-4-2-5-9-12)13-10-6-3-7-11-13/h2-11,14-15H,17H2,1H3. The molecule has 0 radical (unpaired) electrons. The molecule has 0 bridgehead atoms. The summed E-state index contributed by atoms with van der Waals surface area (Å²) >= 11 is 0. The zero-order chi connectivity index (χ0) is 13.7. The van der Waals surface area contributed by atoms with Gasteiger partial charge in [0, 0.05) is 5.92 Å². The molecular formula is C16H17NO2. The van der Waals surface area contributed by atoms with Crippen LogP contribution in [0.1, 0.15) is 17.0 Å². The first-order chi connectivity index (χ1) is 9.24. The zero-order valence-corrected chi connectivity index (χ0v) is 10.8. The SMILES string of the molecule is COC(=O)C(N)C(c1ccccc1)c1ccccc1. The molecule has 0 aliphatic heterocycles. The minimum absolute atomic E-state index is 0.199. The van der Waals surface area contributed by atoms with Crippen molar-refractivity contribution < 1.29 is 9.53 Å². The van der Waals surface area contributed by atoms with E-state index in [9.17, 15) is 4.79 Å². The third kappa shape index (κ3) is 3.01. The van der Waals surface area contributed by atoms with Gasteiger partial charge in [0.25, 0.3) is 0 Å². The maximum atomic E-state index is 11.8. The molecule has 0 saturated heterocycles. The first-order valence-corrected chi connectivity index (χ1v) is 6.17. The fraction of sp³-hybridized carbons (Fsp3) is 0.188. The number of methoxy groups -OCH3 is 1. The molecule has 0 fully saturated rings. The molecule has 19 heavy (non-hydrogen) atoms. The molecule has 3 heteroatoms. The Balaban J connectivity index is 2.43. The number of nitrogens with two attached hydrogens (primary N) is 1. The number of benzene rings is 2. The van der Waals surface area contributed by atoms with Crippen LogP contribution in [0.15, 0.2) is 60.7 Å². The van der Waals surface area contributed by atoms with Crippen molar-refractivity contribution in [2.45, 2.75) is 12.0 Å². The fourth-order valence-electron chi connectivity index (χ4n) is 2.20. The van der Waals surface area contributed by atoms with Crippen LogP contribution in [0.25, 0.3) is 0 Å². The van der Waals surface area contributed by atoms with Crippen molar-refractivity contribution >= 4 is 5.97 Å². The Hall–Kier alpha value is -2.13. The number of hydrogen-bond donors (Lipinski definition) is 1. The van der Waals surface area contributed by atoms with E-state index >= 15 is 0 Å². The van der Waals surface area contributed by atoms with Gasteiger partial charge in [0.15, 0.2) is 0 Å². The Labute approximate surface area is 113 Å². The fourth-order valence-corrected chi connectivity index (χ4v) is 2.20. The molecule has 0 aliphatic carbocycles. The summed E-state index contributed by atoms with van der Waals surface area (Å²) in [7, 11) is 1.36. The van der Waals surface area contributed by atoms with Gasteiger partial charge in [-0.25, -0.2) is 0 Å². The predicted molar refractivity (Wildman–Crippen MR) is 74.7 cm³/mol. The second kappa shape index (κ2) is 6.16. The van der Waals surface area contributed by atoms with E-state index in [1.54, 1.807) is 0 Å². The third-order valence-corrected chi connectivity index (χ3v) is 3.15. The number of carbonyl (C=O) groups is 1. The van der Waals surface area contributed by atoms with Crippen LogP contribution >= 0.6 is 0 Å². The summed E-state index contributed by atoms with van der Waals surface area (Å²) in [6.45, 7) is 0. The van der Waals surface area contributed by atoms with E-state index in [0.717, 1.165) is 11.1 Å². The number of rotatable bonds is 4. The molecular weight excluding hydrogens is 238 g/mol. The molecule has 0 aliphatic rings. The van der Waals surface area contributed by atoms with Crippen LogP contribution in [0.5, 0.6) is 0 Å². The van der Waals surface area contributed by atoms with Crippen molar-refractivity contribution in [1.29, 1.82) is 0 Å². The van der Waals surface area contributed by atoms with Crippen LogP contribution in [-0.4, -0.2) is 19.1 Å². The van der Waals surface area contributed by atoms with Gasteiger partial charge in [-0.1, -0.05) is 60.7 Å². The van der Waals surface area contributed by atoms with Gasteiger partial charge in [-0.15, -0.1) is 0 Å². The van der Waals surface area contributed by atoms with Crippen molar-refractivity contribution in [3.05, 3.63) is 71.8 Å². The molecule has 0 spiro atoms. The monoisotopic (exact) mass is 255 g/mol. The summed E-state index contributed by atoms with van der Waals surface area (Å²) in [5, 5.41) is 0. The van der Waals surface area contributed by atoms with Gasteiger partial charge in [-0.2, -0.15) is 0 Å². The lowest BCUT2D eigenvalue weighted by Crippen LogP contribution is -2.38. The Morgan fingerprint density at radius 2 is 1.37 bits per heavy atom. The second-order valence-electron chi connectivity index (χ2n) is 4.35. The molecule has 2 aromatic rings. The Bertz CT molecular complexity index is 485. The second-order valence-corrected chi connectivity index (χ2v) is 4.35. The molecule has 0 saturated carbocycles. The highest BCUT2D eigenvalue weighted by Crippen LogP contribution is 2.27.